The van der Waals surface area contributed by atoms with E-state index < -0.39 is 11.4 Å². The fourth-order valence-corrected chi connectivity index (χ4v) is 5.61. The van der Waals surface area contributed by atoms with E-state index in [1.54, 1.807) is 0 Å². The number of fused-ring (bicyclic) bond motifs is 1. The van der Waals surface area contributed by atoms with E-state index in [2.05, 4.69) is 10.1 Å². The van der Waals surface area contributed by atoms with Crippen molar-refractivity contribution in [3.8, 4) is 11.6 Å². The van der Waals surface area contributed by atoms with Gasteiger partial charge in [-0.05, 0) is 87.7 Å². The summed E-state index contributed by atoms with van der Waals surface area (Å²) in [5.74, 6) is 0.847. The molecule has 1 aromatic heterocycles. The lowest BCUT2D eigenvalue weighted by molar-refractivity contribution is -0.157. The number of aliphatic hydroxyl groups excluding tert-OH is 1. The van der Waals surface area contributed by atoms with Gasteiger partial charge in [0.1, 0.15) is 11.1 Å². The van der Waals surface area contributed by atoms with Crippen LogP contribution in [0.2, 0.25) is 0 Å². The quantitative estimate of drug-likeness (QED) is 0.576. The molecular weight excluding hydrogens is 452 g/mol. The van der Waals surface area contributed by atoms with Gasteiger partial charge in [-0.25, -0.2) is 0 Å². The summed E-state index contributed by atoms with van der Waals surface area (Å²) in [5, 5.41) is 24.5. The third-order valence-corrected chi connectivity index (χ3v) is 7.96. The summed E-state index contributed by atoms with van der Waals surface area (Å²) in [6.45, 7) is 3.91. The molecule has 35 heavy (non-hydrogen) atoms. The summed E-state index contributed by atoms with van der Waals surface area (Å²) in [6.07, 6.45) is 6.08. The Morgan fingerprint density at radius 3 is 2.57 bits per heavy atom. The molecule has 2 N–H and O–H groups in total. The number of hydrogen-bond donors (Lipinski definition) is 2. The Labute approximate surface area is 205 Å². The maximum Gasteiger partial charge on any atom is 0.311 e. The van der Waals surface area contributed by atoms with Gasteiger partial charge in [0, 0.05) is 19.8 Å². The van der Waals surface area contributed by atoms with Gasteiger partial charge in [0.25, 0.3) is 5.88 Å². The molecule has 3 heterocycles. The van der Waals surface area contributed by atoms with Gasteiger partial charge >= 0.3 is 5.97 Å². The molecule has 192 valence electrons. The summed E-state index contributed by atoms with van der Waals surface area (Å²) in [4.78, 5) is 14.3. The first kappa shape index (κ1) is 24.3. The molecule has 9 nitrogen and oxygen atoms in total. The zero-order chi connectivity index (χ0) is 24.3. The standard InChI is InChI=1S/C26H36N2O7/c29-19-4-6-20(7-5-19)34-21-2-1-3-22-23(21)24(27-35-22)33-16-18-8-12-28(13-9-18)17-26(25(30)31)10-14-32-15-11-26/h1-3,18-20,29H,4-17H2,(H,30,31)/t19-,20-. The Bertz CT molecular complexity index is 987. The van der Waals surface area contributed by atoms with Crippen molar-refractivity contribution in [1.29, 1.82) is 0 Å². The smallest absolute Gasteiger partial charge is 0.311 e. The van der Waals surface area contributed by atoms with Crippen molar-refractivity contribution < 1.29 is 33.7 Å². The van der Waals surface area contributed by atoms with Crippen molar-refractivity contribution >= 4 is 16.9 Å². The van der Waals surface area contributed by atoms with Crippen molar-refractivity contribution in [3.63, 3.8) is 0 Å². The number of nitrogens with zero attached hydrogens (tertiary/aromatic N) is 2. The number of aliphatic hydroxyl groups is 1. The number of aliphatic carboxylic acids is 1. The summed E-state index contributed by atoms with van der Waals surface area (Å²) < 4.78 is 23.3. The number of rotatable bonds is 8. The number of ether oxygens (including phenoxy) is 3. The summed E-state index contributed by atoms with van der Waals surface area (Å²) in [6, 6.07) is 5.67. The number of carbonyl (C=O) groups is 1. The van der Waals surface area contributed by atoms with Crippen LogP contribution in [0.15, 0.2) is 22.7 Å². The Kier molecular flexibility index (Phi) is 7.45. The number of carboxylic acids is 1. The minimum absolute atomic E-state index is 0.0703. The molecule has 0 radical (unpaired) electrons. The number of piperidine rings is 1. The highest BCUT2D eigenvalue weighted by Crippen LogP contribution is 2.37. The van der Waals surface area contributed by atoms with E-state index in [0.29, 0.717) is 62.3 Å². The Morgan fingerprint density at radius 2 is 1.86 bits per heavy atom. The van der Waals surface area contributed by atoms with Gasteiger partial charge in [-0.1, -0.05) is 6.07 Å². The average Bonchev–Trinajstić information content (AvgIpc) is 3.30. The van der Waals surface area contributed by atoms with Gasteiger partial charge in [-0.15, -0.1) is 0 Å². The summed E-state index contributed by atoms with van der Waals surface area (Å²) >= 11 is 0. The van der Waals surface area contributed by atoms with Crippen LogP contribution in [-0.2, 0) is 9.53 Å². The van der Waals surface area contributed by atoms with Crippen LogP contribution in [0.4, 0.5) is 0 Å². The second-order valence-corrected chi connectivity index (χ2v) is 10.4. The minimum atomic E-state index is -0.702. The van der Waals surface area contributed by atoms with Crippen molar-refractivity contribution in [2.45, 2.75) is 63.6 Å². The molecule has 0 atom stereocenters. The lowest BCUT2D eigenvalue weighted by atomic mass is 9.79. The molecule has 1 saturated carbocycles. The molecule has 3 aliphatic rings. The largest absolute Gasteiger partial charge is 0.489 e. The second kappa shape index (κ2) is 10.7. The summed E-state index contributed by atoms with van der Waals surface area (Å²) in [7, 11) is 0. The number of hydrogen-bond acceptors (Lipinski definition) is 8. The molecule has 0 unspecified atom stereocenters. The molecule has 0 spiro atoms. The third kappa shape index (κ3) is 5.57. The van der Waals surface area contributed by atoms with Crippen molar-refractivity contribution in [2.75, 3.05) is 39.5 Å². The van der Waals surface area contributed by atoms with E-state index in [0.717, 1.165) is 57.0 Å². The molecule has 3 fully saturated rings. The molecule has 2 saturated heterocycles. The van der Waals surface area contributed by atoms with Crippen molar-refractivity contribution in [3.05, 3.63) is 18.2 Å². The first-order valence-corrected chi connectivity index (χ1v) is 12.9. The monoisotopic (exact) mass is 488 g/mol. The highest BCUT2D eigenvalue weighted by Gasteiger charge is 2.42. The van der Waals surface area contributed by atoms with Crippen LogP contribution in [0.1, 0.15) is 51.4 Å². The average molecular weight is 489 g/mol. The molecule has 5 rings (SSSR count). The Hall–Kier alpha value is -2.36. The van der Waals surface area contributed by atoms with Crippen LogP contribution in [0.3, 0.4) is 0 Å². The van der Waals surface area contributed by atoms with Crippen LogP contribution in [-0.4, -0.2) is 77.9 Å². The molecular formula is C26H36N2O7. The Morgan fingerprint density at radius 1 is 1.11 bits per heavy atom. The lowest BCUT2D eigenvalue weighted by Gasteiger charge is -2.40. The number of carboxylic acid groups (broad SMARTS) is 1. The van der Waals surface area contributed by atoms with Crippen LogP contribution >= 0.6 is 0 Å². The van der Waals surface area contributed by atoms with E-state index in [1.165, 1.54) is 0 Å². The molecule has 0 bridgehead atoms. The van der Waals surface area contributed by atoms with Gasteiger partial charge in [0.05, 0.1) is 24.2 Å². The predicted molar refractivity (Wildman–Crippen MR) is 128 cm³/mol. The normalized spacial score (nSPS) is 26.0. The van der Waals surface area contributed by atoms with Gasteiger partial charge < -0.3 is 33.8 Å². The predicted octanol–water partition coefficient (Wildman–Crippen LogP) is 3.48. The first-order chi connectivity index (χ1) is 17.0. The molecule has 0 amide bonds. The SMILES string of the molecule is O=C(O)C1(CN2CCC(COc3noc4cccc(O[C@H]5CC[C@H](O)CC5)c34)CC2)CCOCC1. The fraction of sp³-hybridized carbons (Fsp3) is 0.692. The lowest BCUT2D eigenvalue weighted by Crippen LogP contribution is -2.49. The molecule has 2 aliphatic heterocycles. The molecule has 1 aromatic carbocycles. The highest BCUT2D eigenvalue weighted by atomic mass is 16.5. The van der Waals surface area contributed by atoms with Crippen molar-refractivity contribution in [1.82, 2.24) is 10.1 Å². The van der Waals surface area contributed by atoms with Gasteiger partial charge in [-0.2, -0.15) is 0 Å². The van der Waals surface area contributed by atoms with Crippen LogP contribution in [0.5, 0.6) is 11.6 Å². The van der Waals surface area contributed by atoms with E-state index >= 15 is 0 Å². The first-order valence-electron chi connectivity index (χ1n) is 12.9. The van der Waals surface area contributed by atoms with Gasteiger partial charge in [0.2, 0.25) is 0 Å². The number of aromatic nitrogens is 1. The maximum atomic E-state index is 12.0. The van der Waals surface area contributed by atoms with Crippen LogP contribution < -0.4 is 9.47 Å². The highest BCUT2D eigenvalue weighted by molar-refractivity contribution is 5.88. The minimum Gasteiger partial charge on any atom is -0.489 e. The maximum absolute atomic E-state index is 12.0. The zero-order valence-corrected chi connectivity index (χ0v) is 20.2. The van der Waals surface area contributed by atoms with Crippen molar-refractivity contribution in [2.24, 2.45) is 11.3 Å². The molecule has 2 aromatic rings. The van der Waals surface area contributed by atoms with E-state index in [-0.39, 0.29) is 12.2 Å². The fourth-order valence-electron chi connectivity index (χ4n) is 5.61. The van der Waals surface area contributed by atoms with E-state index in [4.69, 9.17) is 18.7 Å². The molecule has 1 aliphatic carbocycles. The van der Waals surface area contributed by atoms with E-state index in [1.807, 2.05) is 18.2 Å². The van der Waals surface area contributed by atoms with Gasteiger partial charge in [0.15, 0.2) is 5.58 Å². The molecule has 9 heteroatoms. The topological polar surface area (TPSA) is 114 Å². The van der Waals surface area contributed by atoms with E-state index in [9.17, 15) is 15.0 Å². The summed E-state index contributed by atoms with van der Waals surface area (Å²) in [5.41, 5.74) is -0.0489. The van der Waals surface area contributed by atoms with Crippen LogP contribution in [0.25, 0.3) is 11.0 Å². The zero-order valence-electron chi connectivity index (χ0n) is 20.2. The van der Waals surface area contributed by atoms with Crippen LogP contribution in [0, 0.1) is 11.3 Å². The number of benzene rings is 1. The Balaban J connectivity index is 1.16. The second-order valence-electron chi connectivity index (χ2n) is 10.4. The third-order valence-electron chi connectivity index (χ3n) is 7.96. The van der Waals surface area contributed by atoms with Gasteiger partial charge in [-0.3, -0.25) is 4.79 Å². The number of likely N-dealkylation sites (tertiary alicyclic amines) is 1.